The van der Waals surface area contributed by atoms with Gasteiger partial charge in [-0.3, -0.25) is 9.78 Å². The van der Waals surface area contributed by atoms with Gasteiger partial charge in [0.1, 0.15) is 11.6 Å². The SMILES string of the molecule is Cc1ccc2nc(C)c(C(=O)NCc3ccc(-n4ccnc4C)c(F)c3)cc2c1. The summed E-state index contributed by atoms with van der Waals surface area (Å²) in [5, 5.41) is 3.79. The molecule has 146 valence electrons. The van der Waals surface area contributed by atoms with Gasteiger partial charge in [-0.2, -0.15) is 0 Å². The Balaban J connectivity index is 1.53. The lowest BCUT2D eigenvalue weighted by Crippen LogP contribution is -2.24. The van der Waals surface area contributed by atoms with Crippen molar-refractivity contribution in [1.29, 1.82) is 0 Å². The average Bonchev–Trinajstić information content (AvgIpc) is 3.11. The lowest BCUT2D eigenvalue weighted by molar-refractivity contribution is 0.0950. The third kappa shape index (κ3) is 3.74. The van der Waals surface area contributed by atoms with E-state index in [1.165, 1.54) is 6.07 Å². The molecule has 6 heteroatoms. The molecule has 0 unspecified atom stereocenters. The molecular formula is C23H21FN4O. The summed E-state index contributed by atoms with van der Waals surface area (Å²) < 4.78 is 16.2. The number of hydrogen-bond acceptors (Lipinski definition) is 3. The Morgan fingerprint density at radius 2 is 1.93 bits per heavy atom. The normalized spacial score (nSPS) is 11.0. The molecule has 2 aromatic heterocycles. The molecule has 5 nitrogen and oxygen atoms in total. The van der Waals surface area contributed by atoms with Gasteiger partial charge in [0, 0.05) is 24.3 Å². The minimum atomic E-state index is -0.364. The number of carbonyl (C=O) groups is 1. The lowest BCUT2D eigenvalue weighted by Gasteiger charge is -2.11. The fourth-order valence-electron chi connectivity index (χ4n) is 3.39. The van der Waals surface area contributed by atoms with Crippen LogP contribution < -0.4 is 5.32 Å². The molecule has 29 heavy (non-hydrogen) atoms. The number of fused-ring (bicyclic) bond motifs is 1. The van der Waals surface area contributed by atoms with Crippen LogP contribution in [-0.4, -0.2) is 20.4 Å². The van der Waals surface area contributed by atoms with Gasteiger partial charge in [0.05, 0.1) is 22.5 Å². The predicted molar refractivity (Wildman–Crippen MR) is 111 cm³/mol. The molecule has 1 N–H and O–H groups in total. The summed E-state index contributed by atoms with van der Waals surface area (Å²) in [6.07, 6.45) is 3.34. The number of imidazole rings is 1. The van der Waals surface area contributed by atoms with Crippen LogP contribution in [0.15, 0.2) is 54.9 Å². The maximum absolute atomic E-state index is 14.5. The molecule has 0 spiro atoms. The van der Waals surface area contributed by atoms with E-state index >= 15 is 0 Å². The number of hydrogen-bond donors (Lipinski definition) is 1. The second-order valence-corrected chi connectivity index (χ2v) is 7.13. The van der Waals surface area contributed by atoms with Gasteiger partial charge in [-0.25, -0.2) is 9.37 Å². The molecule has 0 saturated heterocycles. The van der Waals surface area contributed by atoms with Crippen molar-refractivity contribution < 1.29 is 9.18 Å². The second-order valence-electron chi connectivity index (χ2n) is 7.13. The maximum atomic E-state index is 14.5. The van der Waals surface area contributed by atoms with Crippen molar-refractivity contribution in [3.8, 4) is 5.69 Å². The molecule has 4 rings (SSSR count). The van der Waals surface area contributed by atoms with Gasteiger partial charge in [-0.15, -0.1) is 0 Å². The summed E-state index contributed by atoms with van der Waals surface area (Å²) in [6, 6.07) is 12.7. The van der Waals surface area contributed by atoms with E-state index in [-0.39, 0.29) is 18.3 Å². The van der Waals surface area contributed by atoms with Crippen LogP contribution >= 0.6 is 0 Å². The first kappa shape index (κ1) is 18.8. The Morgan fingerprint density at radius 3 is 2.66 bits per heavy atom. The van der Waals surface area contributed by atoms with Crippen LogP contribution in [0.3, 0.4) is 0 Å². The number of amides is 1. The number of aromatic nitrogens is 3. The Bertz CT molecular complexity index is 1230. The molecule has 4 aromatic rings. The number of aryl methyl sites for hydroxylation is 3. The fourth-order valence-corrected chi connectivity index (χ4v) is 3.39. The van der Waals surface area contributed by atoms with E-state index in [2.05, 4.69) is 15.3 Å². The van der Waals surface area contributed by atoms with Gasteiger partial charge < -0.3 is 9.88 Å². The maximum Gasteiger partial charge on any atom is 0.253 e. The van der Waals surface area contributed by atoms with Crippen molar-refractivity contribution in [3.05, 3.63) is 88.9 Å². The van der Waals surface area contributed by atoms with Crippen LogP contribution in [0.2, 0.25) is 0 Å². The van der Waals surface area contributed by atoms with Crippen LogP contribution in [0.1, 0.15) is 33.0 Å². The zero-order valence-electron chi connectivity index (χ0n) is 16.5. The summed E-state index contributed by atoms with van der Waals surface area (Å²) >= 11 is 0. The van der Waals surface area contributed by atoms with Gasteiger partial charge in [0.2, 0.25) is 0 Å². The van der Waals surface area contributed by atoms with E-state index in [1.54, 1.807) is 29.1 Å². The van der Waals surface area contributed by atoms with Gasteiger partial charge in [0.15, 0.2) is 0 Å². The van der Waals surface area contributed by atoms with Crippen molar-refractivity contribution in [1.82, 2.24) is 19.9 Å². The largest absolute Gasteiger partial charge is 0.348 e. The molecule has 0 fully saturated rings. The first-order valence-corrected chi connectivity index (χ1v) is 9.37. The molecule has 0 radical (unpaired) electrons. The van der Waals surface area contributed by atoms with Crippen molar-refractivity contribution in [2.24, 2.45) is 0 Å². The van der Waals surface area contributed by atoms with Gasteiger partial charge in [-0.1, -0.05) is 17.7 Å². The number of halogens is 1. The van der Waals surface area contributed by atoms with Crippen LogP contribution in [0, 0.1) is 26.6 Å². The summed E-state index contributed by atoms with van der Waals surface area (Å²) in [6.45, 7) is 5.86. The Hall–Kier alpha value is -3.54. The molecular weight excluding hydrogens is 367 g/mol. The molecule has 0 aliphatic rings. The minimum absolute atomic E-state index is 0.226. The van der Waals surface area contributed by atoms with Crippen LogP contribution in [0.5, 0.6) is 0 Å². The van der Waals surface area contributed by atoms with Gasteiger partial charge in [0.25, 0.3) is 5.91 Å². The zero-order valence-corrected chi connectivity index (χ0v) is 16.5. The van der Waals surface area contributed by atoms with Crippen molar-refractivity contribution >= 4 is 16.8 Å². The number of benzene rings is 2. The van der Waals surface area contributed by atoms with Crippen molar-refractivity contribution in [3.63, 3.8) is 0 Å². The molecule has 0 saturated carbocycles. The monoisotopic (exact) mass is 388 g/mol. The fraction of sp³-hybridized carbons (Fsp3) is 0.174. The molecule has 0 atom stereocenters. The first-order valence-electron chi connectivity index (χ1n) is 9.37. The number of rotatable bonds is 4. The molecule has 0 aliphatic carbocycles. The van der Waals surface area contributed by atoms with E-state index in [4.69, 9.17) is 0 Å². The number of pyridine rings is 1. The quantitative estimate of drug-likeness (QED) is 0.563. The molecule has 0 bridgehead atoms. The first-order chi connectivity index (χ1) is 13.9. The van der Waals surface area contributed by atoms with Crippen LogP contribution in [0.4, 0.5) is 4.39 Å². The number of carbonyl (C=O) groups excluding carboxylic acids is 1. The number of nitrogens with one attached hydrogen (secondary N) is 1. The highest BCUT2D eigenvalue weighted by Crippen LogP contribution is 2.19. The topological polar surface area (TPSA) is 59.8 Å². The van der Waals surface area contributed by atoms with Gasteiger partial charge in [-0.05, 0) is 56.7 Å². The Labute approximate surface area is 168 Å². The lowest BCUT2D eigenvalue weighted by atomic mass is 10.1. The smallest absolute Gasteiger partial charge is 0.253 e. The number of nitrogens with zero attached hydrogens (tertiary/aromatic N) is 3. The molecule has 1 amide bonds. The second kappa shape index (κ2) is 7.47. The van der Waals surface area contributed by atoms with Gasteiger partial charge >= 0.3 is 0 Å². The Kier molecular flexibility index (Phi) is 4.84. The third-order valence-electron chi connectivity index (χ3n) is 4.96. The standard InChI is InChI=1S/C23H21FN4O/c1-14-4-6-21-18(10-14)12-19(15(2)27-21)23(29)26-13-17-5-7-22(20(24)11-17)28-9-8-25-16(28)3/h4-12H,13H2,1-3H3,(H,26,29). The van der Waals surface area contributed by atoms with E-state index < -0.39 is 0 Å². The summed E-state index contributed by atoms with van der Waals surface area (Å²) in [5.41, 5.74) is 4.26. The predicted octanol–water partition coefficient (Wildman–Crippen LogP) is 4.41. The van der Waals surface area contributed by atoms with Crippen LogP contribution in [-0.2, 0) is 6.54 Å². The van der Waals surface area contributed by atoms with Crippen molar-refractivity contribution in [2.45, 2.75) is 27.3 Å². The van der Waals surface area contributed by atoms with E-state index in [9.17, 15) is 9.18 Å². The third-order valence-corrected chi connectivity index (χ3v) is 4.96. The van der Waals surface area contributed by atoms with E-state index in [0.29, 0.717) is 28.3 Å². The van der Waals surface area contributed by atoms with Crippen molar-refractivity contribution in [2.75, 3.05) is 0 Å². The minimum Gasteiger partial charge on any atom is -0.348 e. The van der Waals surface area contributed by atoms with Crippen LogP contribution in [0.25, 0.3) is 16.6 Å². The van der Waals surface area contributed by atoms with E-state index in [1.807, 2.05) is 45.0 Å². The van der Waals surface area contributed by atoms with E-state index in [0.717, 1.165) is 16.5 Å². The average molecular weight is 388 g/mol. The summed E-state index contributed by atoms with van der Waals surface area (Å²) in [7, 11) is 0. The summed E-state index contributed by atoms with van der Waals surface area (Å²) in [5.74, 6) is 0.115. The summed E-state index contributed by atoms with van der Waals surface area (Å²) in [4.78, 5) is 21.3. The molecule has 0 aliphatic heterocycles. The Morgan fingerprint density at radius 1 is 1.10 bits per heavy atom. The molecule has 2 aromatic carbocycles. The highest BCUT2D eigenvalue weighted by atomic mass is 19.1. The highest BCUT2D eigenvalue weighted by molar-refractivity contribution is 5.98. The zero-order chi connectivity index (χ0) is 20.5. The molecule has 2 heterocycles. The highest BCUT2D eigenvalue weighted by Gasteiger charge is 2.13.